The Labute approximate surface area is 138 Å². The van der Waals surface area contributed by atoms with E-state index in [-0.39, 0.29) is 11.6 Å². The lowest BCUT2D eigenvalue weighted by atomic mass is 10.0. The van der Waals surface area contributed by atoms with Crippen molar-refractivity contribution in [3.8, 4) is 11.8 Å². The number of nitriles is 1. The van der Waals surface area contributed by atoms with E-state index < -0.39 is 17.6 Å². The van der Waals surface area contributed by atoms with Gasteiger partial charge in [0, 0.05) is 12.2 Å². The average Bonchev–Trinajstić information content (AvgIpc) is 2.97. The predicted molar refractivity (Wildman–Crippen MR) is 85.3 cm³/mol. The van der Waals surface area contributed by atoms with E-state index in [0.29, 0.717) is 10.7 Å². The fourth-order valence-corrected chi connectivity index (χ4v) is 2.21. The molecule has 0 bridgehead atoms. The van der Waals surface area contributed by atoms with Crippen molar-refractivity contribution in [3.63, 3.8) is 0 Å². The SMILES string of the molecule is CC(C)NC(=O)[C@H](C#N)C(=O)c1cnn(-c2ccccc2Cl)c1. The maximum atomic E-state index is 12.4. The standard InChI is InChI=1S/C16H15ClN4O2/c1-10(2)20-16(23)12(7-18)15(22)11-8-19-21(9-11)14-6-4-3-5-13(14)17/h3-6,8-10,12H,1-2H3,(H,20,23)/t12-/m1/s1. The van der Waals surface area contributed by atoms with Gasteiger partial charge in [0.25, 0.3) is 0 Å². The molecule has 0 unspecified atom stereocenters. The number of aromatic nitrogens is 2. The van der Waals surface area contributed by atoms with Crippen molar-refractivity contribution in [1.29, 1.82) is 5.26 Å². The summed E-state index contributed by atoms with van der Waals surface area (Å²) in [6, 6.07) is 8.61. The van der Waals surface area contributed by atoms with Gasteiger partial charge in [-0.05, 0) is 26.0 Å². The molecule has 0 saturated heterocycles. The quantitative estimate of drug-likeness (QED) is 0.673. The first kappa shape index (κ1) is 16.7. The van der Waals surface area contributed by atoms with Gasteiger partial charge in [0.15, 0.2) is 11.7 Å². The highest BCUT2D eigenvalue weighted by Gasteiger charge is 2.29. The van der Waals surface area contributed by atoms with Gasteiger partial charge in [0.2, 0.25) is 5.91 Å². The zero-order chi connectivity index (χ0) is 17.0. The molecule has 1 N–H and O–H groups in total. The largest absolute Gasteiger partial charge is 0.352 e. The molecule has 7 heteroatoms. The number of carbonyl (C=O) groups excluding carboxylic acids is 2. The second kappa shape index (κ2) is 7.07. The van der Waals surface area contributed by atoms with Crippen molar-refractivity contribution in [2.75, 3.05) is 0 Å². The first-order valence-electron chi connectivity index (χ1n) is 6.97. The van der Waals surface area contributed by atoms with Crippen molar-refractivity contribution in [1.82, 2.24) is 15.1 Å². The Kier molecular flexibility index (Phi) is 5.14. The van der Waals surface area contributed by atoms with E-state index in [1.807, 2.05) is 0 Å². The number of nitrogens with one attached hydrogen (secondary N) is 1. The number of hydrogen-bond donors (Lipinski definition) is 1. The van der Waals surface area contributed by atoms with Gasteiger partial charge < -0.3 is 5.32 Å². The van der Waals surface area contributed by atoms with Crippen molar-refractivity contribution in [2.45, 2.75) is 19.9 Å². The first-order valence-corrected chi connectivity index (χ1v) is 7.35. The van der Waals surface area contributed by atoms with Gasteiger partial charge in [0.05, 0.1) is 28.5 Å². The minimum atomic E-state index is -1.40. The van der Waals surface area contributed by atoms with Gasteiger partial charge in [0.1, 0.15) is 0 Å². The van der Waals surface area contributed by atoms with Crippen LogP contribution in [0.1, 0.15) is 24.2 Å². The van der Waals surface area contributed by atoms with Crippen LogP contribution in [0.3, 0.4) is 0 Å². The lowest BCUT2D eigenvalue weighted by Crippen LogP contribution is -2.38. The molecular weight excluding hydrogens is 316 g/mol. The number of halogens is 1. The minimum Gasteiger partial charge on any atom is -0.352 e. The molecule has 2 rings (SSSR count). The van der Waals surface area contributed by atoms with Crippen LogP contribution in [0.5, 0.6) is 0 Å². The number of nitrogens with zero attached hydrogens (tertiary/aromatic N) is 3. The summed E-state index contributed by atoms with van der Waals surface area (Å²) in [6.45, 7) is 3.51. The monoisotopic (exact) mass is 330 g/mol. The molecule has 1 heterocycles. The second-order valence-electron chi connectivity index (χ2n) is 5.21. The van der Waals surface area contributed by atoms with Gasteiger partial charge in [-0.1, -0.05) is 23.7 Å². The molecule has 0 fully saturated rings. The molecule has 6 nitrogen and oxygen atoms in total. The number of carbonyl (C=O) groups is 2. The van der Waals surface area contributed by atoms with E-state index >= 15 is 0 Å². The van der Waals surface area contributed by atoms with Crippen LogP contribution in [0.15, 0.2) is 36.7 Å². The molecule has 0 spiro atoms. The van der Waals surface area contributed by atoms with E-state index in [0.717, 1.165) is 0 Å². The first-order chi connectivity index (χ1) is 10.9. The Morgan fingerprint density at radius 3 is 2.65 bits per heavy atom. The highest BCUT2D eigenvalue weighted by molar-refractivity contribution is 6.32. The normalized spacial score (nSPS) is 11.8. The zero-order valence-electron chi connectivity index (χ0n) is 12.7. The van der Waals surface area contributed by atoms with Crippen molar-refractivity contribution in [2.24, 2.45) is 5.92 Å². The average molecular weight is 331 g/mol. The van der Waals surface area contributed by atoms with Crippen LogP contribution < -0.4 is 5.32 Å². The summed E-state index contributed by atoms with van der Waals surface area (Å²) in [5, 5.41) is 16.2. The molecule has 1 amide bonds. The third kappa shape index (κ3) is 3.76. The van der Waals surface area contributed by atoms with Gasteiger partial charge in [-0.2, -0.15) is 10.4 Å². The summed E-state index contributed by atoms with van der Waals surface area (Å²) < 4.78 is 1.43. The van der Waals surface area contributed by atoms with E-state index in [2.05, 4.69) is 10.4 Å². The third-order valence-electron chi connectivity index (χ3n) is 3.05. The molecule has 1 aromatic heterocycles. The molecule has 0 radical (unpaired) electrons. The number of benzene rings is 1. The topological polar surface area (TPSA) is 87.8 Å². The Morgan fingerprint density at radius 1 is 1.35 bits per heavy atom. The highest BCUT2D eigenvalue weighted by Crippen LogP contribution is 2.20. The number of rotatable bonds is 5. The summed E-state index contributed by atoms with van der Waals surface area (Å²) in [6.07, 6.45) is 2.77. The van der Waals surface area contributed by atoms with E-state index in [1.54, 1.807) is 44.2 Å². The molecule has 0 aliphatic rings. The van der Waals surface area contributed by atoms with Crippen LogP contribution in [0.25, 0.3) is 5.69 Å². The number of amides is 1. The Balaban J connectivity index is 2.26. The zero-order valence-corrected chi connectivity index (χ0v) is 13.4. The summed E-state index contributed by atoms with van der Waals surface area (Å²) in [5.41, 5.74) is 0.781. The molecule has 0 aliphatic carbocycles. The van der Waals surface area contributed by atoms with E-state index in [1.165, 1.54) is 17.1 Å². The van der Waals surface area contributed by atoms with Crippen LogP contribution in [0.4, 0.5) is 0 Å². The molecule has 2 aromatic rings. The predicted octanol–water partition coefficient (Wildman–Crippen LogP) is 2.37. The molecule has 0 aliphatic heterocycles. The lowest BCUT2D eigenvalue weighted by molar-refractivity contribution is -0.122. The maximum absolute atomic E-state index is 12.4. The summed E-state index contributed by atoms with van der Waals surface area (Å²) in [4.78, 5) is 24.3. The third-order valence-corrected chi connectivity index (χ3v) is 3.37. The highest BCUT2D eigenvalue weighted by atomic mass is 35.5. The molecule has 118 valence electrons. The van der Waals surface area contributed by atoms with Gasteiger partial charge >= 0.3 is 0 Å². The van der Waals surface area contributed by atoms with E-state index in [9.17, 15) is 9.59 Å². The summed E-state index contributed by atoms with van der Waals surface area (Å²) in [7, 11) is 0. The smallest absolute Gasteiger partial charge is 0.245 e. The molecular formula is C16H15ClN4O2. The van der Waals surface area contributed by atoms with Gasteiger partial charge in [-0.3, -0.25) is 9.59 Å². The molecule has 0 saturated carbocycles. The summed E-state index contributed by atoms with van der Waals surface area (Å²) in [5.74, 6) is -2.61. The van der Waals surface area contributed by atoms with Gasteiger partial charge in [-0.15, -0.1) is 0 Å². The number of hydrogen-bond acceptors (Lipinski definition) is 4. The number of Topliss-reactive ketones (excluding diaryl/α,β-unsaturated/α-hetero) is 1. The fourth-order valence-electron chi connectivity index (χ4n) is 1.99. The van der Waals surface area contributed by atoms with Crippen molar-refractivity contribution >= 4 is 23.3 Å². The van der Waals surface area contributed by atoms with E-state index in [4.69, 9.17) is 16.9 Å². The summed E-state index contributed by atoms with van der Waals surface area (Å²) >= 11 is 6.08. The van der Waals surface area contributed by atoms with Crippen LogP contribution in [-0.4, -0.2) is 27.5 Å². The van der Waals surface area contributed by atoms with Crippen molar-refractivity contribution in [3.05, 3.63) is 47.2 Å². The van der Waals surface area contributed by atoms with Crippen molar-refractivity contribution < 1.29 is 9.59 Å². The lowest BCUT2D eigenvalue weighted by Gasteiger charge is -2.11. The number of para-hydroxylation sites is 1. The molecule has 1 aromatic carbocycles. The minimum absolute atomic E-state index is 0.156. The van der Waals surface area contributed by atoms with Crippen LogP contribution in [0, 0.1) is 17.2 Å². The molecule has 1 atom stereocenters. The Bertz CT molecular complexity index is 776. The Morgan fingerprint density at radius 2 is 2.04 bits per heavy atom. The van der Waals surface area contributed by atoms with Crippen LogP contribution in [0.2, 0.25) is 5.02 Å². The Hall–Kier alpha value is -2.65. The van der Waals surface area contributed by atoms with Gasteiger partial charge in [-0.25, -0.2) is 4.68 Å². The second-order valence-corrected chi connectivity index (χ2v) is 5.62. The van der Waals surface area contributed by atoms with Crippen LogP contribution in [-0.2, 0) is 4.79 Å². The maximum Gasteiger partial charge on any atom is 0.245 e. The molecule has 23 heavy (non-hydrogen) atoms. The fraction of sp³-hybridized carbons (Fsp3) is 0.250. The number of ketones is 1. The van der Waals surface area contributed by atoms with Crippen LogP contribution >= 0.6 is 11.6 Å².